The van der Waals surface area contributed by atoms with Gasteiger partial charge < -0.3 is 10.6 Å². The van der Waals surface area contributed by atoms with Gasteiger partial charge in [0.1, 0.15) is 0 Å². The van der Waals surface area contributed by atoms with Crippen LogP contribution in [-0.2, 0) is 4.79 Å². The first-order chi connectivity index (χ1) is 7.61. The molecule has 3 nitrogen and oxygen atoms in total. The topological polar surface area (TPSA) is 46.3 Å². The largest absolute Gasteiger partial charge is 0.330 e. The van der Waals surface area contributed by atoms with Crippen LogP contribution in [0.1, 0.15) is 18.9 Å². The van der Waals surface area contributed by atoms with Crippen molar-refractivity contribution >= 4 is 23.2 Å². The molecule has 0 heterocycles. The highest BCUT2D eigenvalue weighted by molar-refractivity contribution is 6.31. The monoisotopic (exact) mass is 240 g/mol. The summed E-state index contributed by atoms with van der Waals surface area (Å²) >= 11 is 6.03. The van der Waals surface area contributed by atoms with Gasteiger partial charge in [0.25, 0.3) is 0 Å². The summed E-state index contributed by atoms with van der Waals surface area (Å²) in [6, 6.07) is 5.57. The average Bonchev–Trinajstić information content (AvgIpc) is 2.25. The SMILES string of the molecule is CCN(C(=O)CCN)c1cccc(Cl)c1C. The van der Waals surface area contributed by atoms with Crippen molar-refractivity contribution in [2.24, 2.45) is 5.73 Å². The number of hydrogen-bond acceptors (Lipinski definition) is 2. The maximum atomic E-state index is 11.8. The molecule has 0 aromatic heterocycles. The van der Waals surface area contributed by atoms with Gasteiger partial charge in [-0.05, 0) is 31.5 Å². The van der Waals surface area contributed by atoms with Crippen molar-refractivity contribution in [3.8, 4) is 0 Å². The molecule has 0 bridgehead atoms. The Morgan fingerprint density at radius 3 is 2.75 bits per heavy atom. The van der Waals surface area contributed by atoms with Crippen LogP contribution in [0.4, 0.5) is 5.69 Å². The van der Waals surface area contributed by atoms with Crippen LogP contribution >= 0.6 is 11.6 Å². The predicted molar refractivity (Wildman–Crippen MR) is 67.9 cm³/mol. The fourth-order valence-electron chi connectivity index (χ4n) is 1.63. The number of amides is 1. The summed E-state index contributed by atoms with van der Waals surface area (Å²) in [6.07, 6.45) is 0.361. The molecule has 0 aliphatic heterocycles. The van der Waals surface area contributed by atoms with Crippen LogP contribution in [0.5, 0.6) is 0 Å². The van der Waals surface area contributed by atoms with Gasteiger partial charge in [-0.2, -0.15) is 0 Å². The van der Waals surface area contributed by atoms with Crippen LogP contribution in [-0.4, -0.2) is 19.0 Å². The van der Waals surface area contributed by atoms with Crippen LogP contribution in [0, 0.1) is 6.92 Å². The minimum atomic E-state index is 0.0374. The maximum absolute atomic E-state index is 11.8. The van der Waals surface area contributed by atoms with E-state index in [0.29, 0.717) is 24.5 Å². The number of nitrogens with zero attached hydrogens (tertiary/aromatic N) is 1. The van der Waals surface area contributed by atoms with Gasteiger partial charge in [-0.3, -0.25) is 4.79 Å². The highest BCUT2D eigenvalue weighted by Crippen LogP contribution is 2.26. The Balaban J connectivity index is 3.04. The number of benzene rings is 1. The lowest BCUT2D eigenvalue weighted by Crippen LogP contribution is -2.32. The average molecular weight is 241 g/mol. The van der Waals surface area contributed by atoms with E-state index >= 15 is 0 Å². The molecule has 0 spiro atoms. The minimum Gasteiger partial charge on any atom is -0.330 e. The molecule has 1 aromatic carbocycles. The van der Waals surface area contributed by atoms with Gasteiger partial charge in [0.2, 0.25) is 5.91 Å². The first-order valence-corrected chi connectivity index (χ1v) is 5.75. The molecule has 88 valence electrons. The van der Waals surface area contributed by atoms with Crippen LogP contribution in [0.25, 0.3) is 0 Å². The molecule has 1 rings (SSSR count). The molecule has 0 saturated heterocycles. The Labute approximate surface area is 101 Å². The van der Waals surface area contributed by atoms with Crippen LogP contribution in [0.3, 0.4) is 0 Å². The van der Waals surface area contributed by atoms with Crippen LogP contribution in [0.15, 0.2) is 18.2 Å². The minimum absolute atomic E-state index is 0.0374. The molecule has 4 heteroatoms. The van der Waals surface area contributed by atoms with Gasteiger partial charge in [0.15, 0.2) is 0 Å². The summed E-state index contributed by atoms with van der Waals surface area (Å²) in [7, 11) is 0. The summed E-state index contributed by atoms with van der Waals surface area (Å²) < 4.78 is 0. The van der Waals surface area contributed by atoms with E-state index in [2.05, 4.69) is 0 Å². The smallest absolute Gasteiger partial charge is 0.228 e. The van der Waals surface area contributed by atoms with E-state index in [1.165, 1.54) is 0 Å². The fourth-order valence-corrected chi connectivity index (χ4v) is 1.80. The fraction of sp³-hybridized carbons (Fsp3) is 0.417. The lowest BCUT2D eigenvalue weighted by atomic mass is 10.1. The molecule has 0 aliphatic rings. The molecule has 0 saturated carbocycles. The molecule has 0 atom stereocenters. The first kappa shape index (κ1) is 13.0. The Bertz CT molecular complexity index is 379. The van der Waals surface area contributed by atoms with E-state index < -0.39 is 0 Å². The van der Waals surface area contributed by atoms with Gasteiger partial charge in [0.05, 0.1) is 0 Å². The molecule has 1 amide bonds. The van der Waals surface area contributed by atoms with Crippen molar-refractivity contribution in [2.45, 2.75) is 20.3 Å². The van der Waals surface area contributed by atoms with E-state index in [-0.39, 0.29) is 5.91 Å². The number of anilines is 1. The summed E-state index contributed by atoms with van der Waals surface area (Å²) in [5, 5.41) is 0.677. The Kier molecular flexibility index (Phi) is 4.77. The number of carbonyl (C=O) groups excluding carboxylic acids is 1. The highest BCUT2D eigenvalue weighted by Gasteiger charge is 2.15. The van der Waals surface area contributed by atoms with E-state index in [0.717, 1.165) is 11.3 Å². The van der Waals surface area contributed by atoms with Crippen molar-refractivity contribution in [3.63, 3.8) is 0 Å². The molecule has 0 fully saturated rings. The lowest BCUT2D eigenvalue weighted by Gasteiger charge is -2.23. The van der Waals surface area contributed by atoms with E-state index in [1.54, 1.807) is 4.90 Å². The van der Waals surface area contributed by atoms with E-state index in [1.807, 2.05) is 32.0 Å². The Hall–Kier alpha value is -1.06. The number of carbonyl (C=O) groups is 1. The molecule has 0 radical (unpaired) electrons. The zero-order valence-electron chi connectivity index (χ0n) is 9.66. The normalized spacial score (nSPS) is 10.2. The third-order valence-electron chi connectivity index (χ3n) is 2.51. The van der Waals surface area contributed by atoms with Crippen molar-refractivity contribution < 1.29 is 4.79 Å². The van der Waals surface area contributed by atoms with Crippen LogP contribution < -0.4 is 10.6 Å². The first-order valence-electron chi connectivity index (χ1n) is 5.37. The van der Waals surface area contributed by atoms with Gasteiger partial charge in [0, 0.05) is 30.2 Å². The van der Waals surface area contributed by atoms with Gasteiger partial charge >= 0.3 is 0 Å². The molecule has 2 N–H and O–H groups in total. The molecule has 0 unspecified atom stereocenters. The maximum Gasteiger partial charge on any atom is 0.228 e. The van der Waals surface area contributed by atoms with Gasteiger partial charge in [-0.25, -0.2) is 0 Å². The molecular formula is C12H17ClN2O. The molecule has 1 aromatic rings. The van der Waals surface area contributed by atoms with Crippen molar-refractivity contribution in [2.75, 3.05) is 18.0 Å². The van der Waals surface area contributed by atoms with Gasteiger partial charge in [-0.15, -0.1) is 0 Å². The Morgan fingerprint density at radius 2 is 2.19 bits per heavy atom. The summed E-state index contributed by atoms with van der Waals surface area (Å²) in [4.78, 5) is 13.6. The number of nitrogens with two attached hydrogens (primary N) is 1. The second kappa shape index (κ2) is 5.87. The second-order valence-corrected chi connectivity index (χ2v) is 3.97. The summed E-state index contributed by atoms with van der Waals surface area (Å²) in [5.41, 5.74) is 7.19. The number of hydrogen-bond donors (Lipinski definition) is 1. The number of rotatable bonds is 4. The number of halogens is 1. The zero-order valence-corrected chi connectivity index (χ0v) is 10.4. The third-order valence-corrected chi connectivity index (χ3v) is 2.91. The summed E-state index contributed by atoms with van der Waals surface area (Å²) in [6.45, 7) is 4.85. The third kappa shape index (κ3) is 2.74. The van der Waals surface area contributed by atoms with Gasteiger partial charge in [-0.1, -0.05) is 17.7 Å². The van der Waals surface area contributed by atoms with E-state index in [9.17, 15) is 4.79 Å². The van der Waals surface area contributed by atoms with Crippen LogP contribution in [0.2, 0.25) is 5.02 Å². The van der Waals surface area contributed by atoms with E-state index in [4.69, 9.17) is 17.3 Å². The Morgan fingerprint density at radius 1 is 1.50 bits per heavy atom. The van der Waals surface area contributed by atoms with Crippen molar-refractivity contribution in [1.82, 2.24) is 0 Å². The van der Waals surface area contributed by atoms with Crippen molar-refractivity contribution in [1.29, 1.82) is 0 Å². The zero-order chi connectivity index (χ0) is 12.1. The highest BCUT2D eigenvalue weighted by atomic mass is 35.5. The molecule has 16 heavy (non-hydrogen) atoms. The van der Waals surface area contributed by atoms with Crippen molar-refractivity contribution in [3.05, 3.63) is 28.8 Å². The quantitative estimate of drug-likeness (QED) is 0.878. The molecule has 0 aliphatic carbocycles. The summed E-state index contributed by atoms with van der Waals surface area (Å²) in [5.74, 6) is 0.0374. The predicted octanol–water partition coefficient (Wildman–Crippen LogP) is 2.35. The molecular weight excluding hydrogens is 224 g/mol. The lowest BCUT2D eigenvalue weighted by molar-refractivity contribution is -0.118. The standard InChI is InChI=1S/C12H17ClN2O/c1-3-15(12(16)7-8-14)11-6-4-5-10(13)9(11)2/h4-6H,3,7-8,14H2,1-2H3. The second-order valence-electron chi connectivity index (χ2n) is 3.56.